The molecule has 0 atom stereocenters. The number of likely N-dealkylation sites (N-methyl/N-ethyl adjacent to an activating group) is 1. The van der Waals surface area contributed by atoms with Crippen LogP contribution in [-0.4, -0.2) is 59.5 Å². The molecular formula is C33H48N4O2S. The van der Waals surface area contributed by atoms with Gasteiger partial charge >= 0.3 is 0 Å². The lowest BCUT2D eigenvalue weighted by molar-refractivity contribution is 0.226. The summed E-state index contributed by atoms with van der Waals surface area (Å²) >= 11 is 1.73. The van der Waals surface area contributed by atoms with E-state index < -0.39 is 0 Å². The maximum Gasteiger partial charge on any atom is 0.247 e. The van der Waals surface area contributed by atoms with Crippen LogP contribution < -0.4 is 0 Å². The number of rotatable bonds is 15. The van der Waals surface area contributed by atoms with Gasteiger partial charge in [0, 0.05) is 37.5 Å². The average molecular weight is 565 g/mol. The van der Waals surface area contributed by atoms with Gasteiger partial charge in [-0.25, -0.2) is 0 Å². The molecule has 6 nitrogen and oxygen atoms in total. The number of aromatic nitrogens is 2. The molecule has 218 valence electrons. The van der Waals surface area contributed by atoms with Crippen molar-refractivity contribution < 1.29 is 9.15 Å². The zero-order valence-electron chi connectivity index (χ0n) is 25.3. The van der Waals surface area contributed by atoms with E-state index >= 15 is 0 Å². The molecular weight excluding hydrogens is 516 g/mol. The number of hydrogen-bond donors (Lipinski definition) is 0. The monoisotopic (exact) mass is 564 g/mol. The molecule has 0 N–H and O–H groups in total. The molecule has 0 saturated heterocycles. The zero-order chi connectivity index (χ0) is 29.6. The smallest absolute Gasteiger partial charge is 0.247 e. The summed E-state index contributed by atoms with van der Waals surface area (Å²) in [5.41, 5.74) is 3.55. The topological polar surface area (TPSA) is 54.6 Å². The van der Waals surface area contributed by atoms with Gasteiger partial charge in [0.05, 0.1) is 18.1 Å². The molecule has 0 bridgehead atoms. The van der Waals surface area contributed by atoms with Crippen molar-refractivity contribution in [2.24, 2.45) is 0 Å². The van der Waals surface area contributed by atoms with E-state index in [0.717, 1.165) is 43.3 Å². The Bertz CT molecular complexity index is 1090. The minimum absolute atomic E-state index is 0.567. The number of nitrogens with zero attached hydrogens (tertiary/aromatic N) is 4. The van der Waals surface area contributed by atoms with Gasteiger partial charge in [-0.2, -0.15) is 0 Å². The van der Waals surface area contributed by atoms with E-state index in [0.29, 0.717) is 24.1 Å². The van der Waals surface area contributed by atoms with Gasteiger partial charge in [0.25, 0.3) is 0 Å². The van der Waals surface area contributed by atoms with Crippen LogP contribution in [0.1, 0.15) is 44.7 Å². The van der Waals surface area contributed by atoms with Crippen LogP contribution in [0.3, 0.4) is 0 Å². The molecule has 0 saturated carbocycles. The van der Waals surface area contributed by atoms with Gasteiger partial charge in [0.2, 0.25) is 11.8 Å². The zero-order valence-corrected chi connectivity index (χ0v) is 26.1. The first kappa shape index (κ1) is 34.9. The predicted molar refractivity (Wildman–Crippen MR) is 172 cm³/mol. The summed E-state index contributed by atoms with van der Waals surface area (Å²) in [5.74, 6) is 3.72. The number of benzene rings is 2. The summed E-state index contributed by atoms with van der Waals surface area (Å²) < 4.78 is 11.4. The molecule has 0 amide bonds. The second-order valence-electron chi connectivity index (χ2n) is 8.97. The first-order valence-electron chi connectivity index (χ1n) is 13.8. The Kier molecular flexibility index (Phi) is 18.9. The lowest BCUT2D eigenvalue weighted by Crippen LogP contribution is -2.31. The van der Waals surface area contributed by atoms with Crippen LogP contribution in [0, 0.1) is 0 Å². The fourth-order valence-corrected chi connectivity index (χ4v) is 3.98. The van der Waals surface area contributed by atoms with E-state index in [1.165, 1.54) is 11.1 Å². The van der Waals surface area contributed by atoms with Crippen LogP contribution in [0.5, 0.6) is 0 Å². The van der Waals surface area contributed by atoms with E-state index in [4.69, 9.17) is 9.15 Å². The van der Waals surface area contributed by atoms with Crippen LogP contribution in [0.2, 0.25) is 0 Å². The molecule has 40 heavy (non-hydrogen) atoms. The molecule has 1 heterocycles. The van der Waals surface area contributed by atoms with Crippen molar-refractivity contribution in [2.45, 2.75) is 46.5 Å². The largest absolute Gasteiger partial charge is 0.498 e. The molecule has 1 aromatic heterocycles. The summed E-state index contributed by atoms with van der Waals surface area (Å²) in [6, 6.07) is 19.1. The standard InChI is InChI=1S/C27H36N4O2S.C4H6.C2H6/c1-5-22(2)32-17-18-34-21-26-28-29-27(33-26)25-13-11-24(12-14-25)20-31(16-15-30(3)4)19-23-9-7-6-8-10-23;1-3-4-2;1-2/h5-14H,15-21H2,1-4H3;3-4H,1-2H2;1-2H3/b22-5+;;. The van der Waals surface area contributed by atoms with Gasteiger partial charge in [0.15, 0.2) is 0 Å². The summed E-state index contributed by atoms with van der Waals surface area (Å²) in [6.07, 6.45) is 5.24. The second-order valence-corrected chi connectivity index (χ2v) is 10.1. The van der Waals surface area contributed by atoms with Crippen LogP contribution in [0.15, 0.2) is 96.2 Å². The van der Waals surface area contributed by atoms with Crippen molar-refractivity contribution in [3.05, 3.63) is 109 Å². The number of allylic oxidation sites excluding steroid dienone is 4. The van der Waals surface area contributed by atoms with Crippen molar-refractivity contribution in [3.8, 4) is 11.5 Å². The van der Waals surface area contributed by atoms with Crippen molar-refractivity contribution in [1.82, 2.24) is 20.0 Å². The number of thioether (sulfide) groups is 1. The SMILES string of the molecule is C/C=C(\C)OCCSCc1nnc(-c2ccc(CN(CCN(C)C)Cc3ccccc3)cc2)o1.C=CC=C.CC. The first-order valence-corrected chi connectivity index (χ1v) is 15.0. The Hall–Kier alpha value is -3.13. The highest BCUT2D eigenvalue weighted by Gasteiger charge is 2.11. The van der Waals surface area contributed by atoms with E-state index in [-0.39, 0.29) is 0 Å². The van der Waals surface area contributed by atoms with Crippen molar-refractivity contribution >= 4 is 11.8 Å². The van der Waals surface area contributed by atoms with Gasteiger partial charge in [0.1, 0.15) is 0 Å². The molecule has 0 fully saturated rings. The van der Waals surface area contributed by atoms with Crippen molar-refractivity contribution in [3.63, 3.8) is 0 Å². The van der Waals surface area contributed by atoms with Crippen LogP contribution in [0.25, 0.3) is 11.5 Å². The van der Waals surface area contributed by atoms with Crippen LogP contribution >= 0.6 is 11.8 Å². The highest BCUT2D eigenvalue weighted by atomic mass is 32.2. The van der Waals surface area contributed by atoms with E-state index in [1.54, 1.807) is 23.9 Å². The van der Waals surface area contributed by atoms with Gasteiger partial charge in [-0.1, -0.05) is 87.7 Å². The highest BCUT2D eigenvalue weighted by Crippen LogP contribution is 2.21. The lowest BCUT2D eigenvalue weighted by atomic mass is 10.1. The van der Waals surface area contributed by atoms with Gasteiger partial charge in [-0.15, -0.1) is 22.0 Å². The van der Waals surface area contributed by atoms with Crippen LogP contribution in [-0.2, 0) is 23.6 Å². The second kappa shape index (κ2) is 21.7. The third-order valence-electron chi connectivity index (χ3n) is 5.54. The summed E-state index contributed by atoms with van der Waals surface area (Å²) in [7, 11) is 4.23. The predicted octanol–water partition coefficient (Wildman–Crippen LogP) is 7.86. The molecule has 3 aromatic rings. The summed E-state index contributed by atoms with van der Waals surface area (Å²) in [6.45, 7) is 19.2. The molecule has 0 unspecified atom stereocenters. The Morgan fingerprint density at radius 3 is 2.12 bits per heavy atom. The maximum atomic E-state index is 5.87. The molecule has 7 heteroatoms. The third-order valence-corrected chi connectivity index (χ3v) is 6.45. The Morgan fingerprint density at radius 1 is 0.925 bits per heavy atom. The molecule has 0 aliphatic heterocycles. The van der Waals surface area contributed by atoms with Crippen molar-refractivity contribution in [2.75, 3.05) is 39.5 Å². The third kappa shape index (κ3) is 14.9. The van der Waals surface area contributed by atoms with Gasteiger partial charge in [-0.3, -0.25) is 4.90 Å². The van der Waals surface area contributed by atoms with E-state index in [2.05, 4.69) is 102 Å². The van der Waals surface area contributed by atoms with Crippen molar-refractivity contribution in [1.29, 1.82) is 0 Å². The quantitative estimate of drug-likeness (QED) is 0.106. The molecule has 0 aliphatic carbocycles. The maximum absolute atomic E-state index is 5.87. The summed E-state index contributed by atoms with van der Waals surface area (Å²) in [4.78, 5) is 4.71. The first-order chi connectivity index (χ1) is 19.4. The lowest BCUT2D eigenvalue weighted by Gasteiger charge is -2.24. The normalized spacial score (nSPS) is 10.8. The Morgan fingerprint density at radius 2 is 1.55 bits per heavy atom. The van der Waals surface area contributed by atoms with Gasteiger partial charge in [-0.05, 0) is 51.2 Å². The molecule has 3 rings (SSSR count). The average Bonchev–Trinajstić information content (AvgIpc) is 3.46. The molecule has 2 aromatic carbocycles. The number of ether oxygens (including phenoxy) is 1. The fraction of sp³-hybridized carbons (Fsp3) is 0.394. The van der Waals surface area contributed by atoms with Gasteiger partial charge < -0.3 is 14.1 Å². The minimum Gasteiger partial charge on any atom is -0.498 e. The Balaban J connectivity index is 0.00000122. The van der Waals surface area contributed by atoms with E-state index in [9.17, 15) is 0 Å². The summed E-state index contributed by atoms with van der Waals surface area (Å²) in [5, 5.41) is 8.43. The Labute approximate surface area is 246 Å². The molecule has 0 radical (unpaired) electrons. The highest BCUT2D eigenvalue weighted by molar-refractivity contribution is 7.98. The van der Waals surface area contributed by atoms with E-state index in [1.807, 2.05) is 33.8 Å². The van der Waals surface area contributed by atoms with Crippen LogP contribution in [0.4, 0.5) is 0 Å². The molecule has 0 spiro atoms. The minimum atomic E-state index is 0.567. The molecule has 0 aliphatic rings. The number of hydrogen-bond acceptors (Lipinski definition) is 7. The fourth-order valence-electron chi connectivity index (χ4n) is 3.34.